The molecule has 2 N–H and O–H groups in total. The summed E-state index contributed by atoms with van der Waals surface area (Å²) in [7, 11) is 0. The van der Waals surface area contributed by atoms with Gasteiger partial charge in [0.15, 0.2) is 5.60 Å². The van der Waals surface area contributed by atoms with E-state index in [2.05, 4.69) is 17.4 Å². The van der Waals surface area contributed by atoms with Crippen molar-refractivity contribution in [3.63, 3.8) is 0 Å². The van der Waals surface area contributed by atoms with Gasteiger partial charge in [-0.3, -0.25) is 4.79 Å². The molecule has 2 aromatic carbocycles. The highest BCUT2D eigenvalue weighted by molar-refractivity contribution is 6.30. The lowest BCUT2D eigenvalue weighted by Gasteiger charge is -2.38. The van der Waals surface area contributed by atoms with Crippen LogP contribution in [0.2, 0.25) is 5.02 Å². The van der Waals surface area contributed by atoms with Gasteiger partial charge in [-0.1, -0.05) is 54.1 Å². The molecule has 0 saturated carbocycles. The highest BCUT2D eigenvalue weighted by atomic mass is 35.5. The Balaban J connectivity index is 1.52. The van der Waals surface area contributed by atoms with Crippen LogP contribution in [-0.2, 0) is 17.8 Å². The monoisotopic (exact) mass is 372 g/mol. The number of hydrogen-bond donors (Lipinski definition) is 2. The maximum absolute atomic E-state index is 12.8. The van der Waals surface area contributed by atoms with Crippen molar-refractivity contribution >= 4 is 17.5 Å². The molecule has 2 aromatic rings. The highest BCUT2D eigenvalue weighted by Crippen LogP contribution is 2.22. The van der Waals surface area contributed by atoms with Crippen molar-refractivity contribution in [2.45, 2.75) is 31.4 Å². The lowest BCUT2D eigenvalue weighted by Crippen LogP contribution is -2.58. The quantitative estimate of drug-likeness (QED) is 0.785. The second-order valence-electron chi connectivity index (χ2n) is 6.89. The van der Waals surface area contributed by atoms with E-state index in [0.717, 1.165) is 18.4 Å². The van der Waals surface area contributed by atoms with E-state index >= 15 is 0 Å². The van der Waals surface area contributed by atoms with E-state index in [4.69, 9.17) is 11.6 Å². The summed E-state index contributed by atoms with van der Waals surface area (Å²) in [4.78, 5) is 14.6. The van der Waals surface area contributed by atoms with Crippen molar-refractivity contribution in [1.82, 2.24) is 10.2 Å². The van der Waals surface area contributed by atoms with Crippen molar-refractivity contribution in [2.75, 3.05) is 19.6 Å². The summed E-state index contributed by atoms with van der Waals surface area (Å²) in [6.07, 6.45) is 2.13. The molecular formula is C21H25ClN2O2. The lowest BCUT2D eigenvalue weighted by molar-refractivity contribution is -0.156. The standard InChI is InChI=1S/C21H25ClN2O2/c22-19-9-7-18(8-10-19)15-23-16-21(26)12-4-13-24(20(21)25)14-11-17-5-2-1-3-6-17/h1-3,5-10,23,26H,4,11-16H2. The number of likely N-dealkylation sites (tertiary alicyclic amines) is 1. The number of halogens is 1. The van der Waals surface area contributed by atoms with E-state index < -0.39 is 5.60 Å². The smallest absolute Gasteiger partial charge is 0.255 e. The van der Waals surface area contributed by atoms with Crippen LogP contribution in [0.1, 0.15) is 24.0 Å². The van der Waals surface area contributed by atoms with Gasteiger partial charge in [0.05, 0.1) is 0 Å². The minimum Gasteiger partial charge on any atom is -0.379 e. The molecule has 4 nitrogen and oxygen atoms in total. The second-order valence-corrected chi connectivity index (χ2v) is 7.33. The van der Waals surface area contributed by atoms with Crippen LogP contribution in [0.15, 0.2) is 54.6 Å². The van der Waals surface area contributed by atoms with E-state index in [1.165, 1.54) is 5.56 Å². The molecule has 26 heavy (non-hydrogen) atoms. The van der Waals surface area contributed by atoms with E-state index in [1.807, 2.05) is 42.5 Å². The number of carbonyl (C=O) groups excluding carboxylic acids is 1. The van der Waals surface area contributed by atoms with Gasteiger partial charge in [0.1, 0.15) is 0 Å². The number of aliphatic hydroxyl groups is 1. The second kappa shape index (κ2) is 8.67. The Labute approximate surface area is 159 Å². The third-order valence-corrected chi connectivity index (χ3v) is 5.13. The fourth-order valence-corrected chi connectivity index (χ4v) is 3.49. The maximum atomic E-state index is 12.8. The molecule has 1 fully saturated rings. The first kappa shape index (κ1) is 18.9. The van der Waals surface area contributed by atoms with Crippen LogP contribution in [-0.4, -0.2) is 41.1 Å². The van der Waals surface area contributed by atoms with Crippen LogP contribution >= 0.6 is 11.6 Å². The predicted molar refractivity (Wildman–Crippen MR) is 104 cm³/mol. The Morgan fingerprint density at radius 3 is 2.54 bits per heavy atom. The first-order valence-electron chi connectivity index (χ1n) is 9.08. The lowest BCUT2D eigenvalue weighted by atomic mass is 9.91. The summed E-state index contributed by atoms with van der Waals surface area (Å²) >= 11 is 5.89. The van der Waals surface area contributed by atoms with Gasteiger partial charge in [-0.15, -0.1) is 0 Å². The Hall–Kier alpha value is -1.88. The molecule has 138 valence electrons. The molecule has 1 unspecified atom stereocenters. The van der Waals surface area contributed by atoms with Crippen LogP contribution in [0.5, 0.6) is 0 Å². The van der Waals surface area contributed by atoms with E-state index in [-0.39, 0.29) is 12.5 Å². The number of hydrogen-bond acceptors (Lipinski definition) is 3. The molecule has 1 aliphatic heterocycles. The number of piperidine rings is 1. The van der Waals surface area contributed by atoms with Crippen LogP contribution in [0.3, 0.4) is 0 Å². The molecule has 1 heterocycles. The van der Waals surface area contributed by atoms with Gasteiger partial charge in [-0.25, -0.2) is 0 Å². The fraction of sp³-hybridized carbons (Fsp3) is 0.381. The average Bonchev–Trinajstić information content (AvgIpc) is 2.66. The number of rotatable bonds is 7. The normalized spacial score (nSPS) is 20.4. The van der Waals surface area contributed by atoms with Gasteiger partial charge >= 0.3 is 0 Å². The number of carbonyl (C=O) groups is 1. The highest BCUT2D eigenvalue weighted by Gasteiger charge is 2.41. The van der Waals surface area contributed by atoms with Crippen LogP contribution in [0.4, 0.5) is 0 Å². The summed E-state index contributed by atoms with van der Waals surface area (Å²) in [6, 6.07) is 17.7. The third-order valence-electron chi connectivity index (χ3n) is 4.88. The van der Waals surface area contributed by atoms with E-state index in [0.29, 0.717) is 31.1 Å². The Morgan fingerprint density at radius 1 is 1.08 bits per heavy atom. The average molecular weight is 373 g/mol. The summed E-state index contributed by atoms with van der Waals surface area (Å²) in [6.45, 7) is 2.21. The minimum absolute atomic E-state index is 0.164. The summed E-state index contributed by atoms with van der Waals surface area (Å²) in [5.74, 6) is -0.164. The van der Waals surface area contributed by atoms with Crippen LogP contribution in [0.25, 0.3) is 0 Å². The molecular weight excluding hydrogens is 348 g/mol. The van der Waals surface area contributed by atoms with Crippen molar-refractivity contribution in [3.05, 3.63) is 70.7 Å². The Kier molecular flexibility index (Phi) is 6.30. The van der Waals surface area contributed by atoms with Gasteiger partial charge in [0.2, 0.25) is 0 Å². The zero-order valence-corrected chi connectivity index (χ0v) is 15.6. The molecule has 3 rings (SSSR count). The van der Waals surface area contributed by atoms with Crippen molar-refractivity contribution in [1.29, 1.82) is 0 Å². The molecule has 1 amide bonds. The summed E-state index contributed by atoms with van der Waals surface area (Å²) < 4.78 is 0. The number of nitrogens with zero attached hydrogens (tertiary/aromatic N) is 1. The van der Waals surface area contributed by atoms with Crippen LogP contribution < -0.4 is 5.32 Å². The summed E-state index contributed by atoms with van der Waals surface area (Å²) in [5, 5.41) is 14.8. The Bertz CT molecular complexity index is 721. The minimum atomic E-state index is -1.32. The topological polar surface area (TPSA) is 52.6 Å². The van der Waals surface area contributed by atoms with Gasteiger partial charge < -0.3 is 15.3 Å². The van der Waals surface area contributed by atoms with Gasteiger partial charge in [0.25, 0.3) is 5.91 Å². The molecule has 0 radical (unpaired) electrons. The maximum Gasteiger partial charge on any atom is 0.255 e. The van der Waals surface area contributed by atoms with Gasteiger partial charge in [0, 0.05) is 31.2 Å². The zero-order valence-electron chi connectivity index (χ0n) is 14.8. The van der Waals surface area contributed by atoms with Crippen LogP contribution in [0, 0.1) is 0 Å². The molecule has 0 bridgehead atoms. The zero-order chi connectivity index (χ0) is 18.4. The predicted octanol–water partition coefficient (Wildman–Crippen LogP) is 3.03. The van der Waals surface area contributed by atoms with E-state index in [9.17, 15) is 9.90 Å². The molecule has 0 aliphatic carbocycles. The van der Waals surface area contributed by atoms with Crippen molar-refractivity contribution in [3.8, 4) is 0 Å². The molecule has 1 atom stereocenters. The third kappa shape index (κ3) is 4.85. The number of benzene rings is 2. The first-order chi connectivity index (χ1) is 12.6. The summed E-state index contributed by atoms with van der Waals surface area (Å²) in [5.41, 5.74) is 0.957. The Morgan fingerprint density at radius 2 is 1.81 bits per heavy atom. The largest absolute Gasteiger partial charge is 0.379 e. The number of nitrogens with one attached hydrogen (secondary N) is 1. The van der Waals surface area contributed by atoms with Gasteiger partial charge in [-0.05, 0) is 42.5 Å². The fourth-order valence-electron chi connectivity index (χ4n) is 3.37. The van der Waals surface area contributed by atoms with E-state index in [1.54, 1.807) is 4.90 Å². The van der Waals surface area contributed by atoms with Gasteiger partial charge in [-0.2, -0.15) is 0 Å². The SMILES string of the molecule is O=C1N(CCc2ccccc2)CCCC1(O)CNCc1ccc(Cl)cc1. The van der Waals surface area contributed by atoms with Crippen molar-refractivity contribution < 1.29 is 9.90 Å². The molecule has 1 aliphatic rings. The molecule has 0 aromatic heterocycles. The molecule has 5 heteroatoms. The first-order valence-corrected chi connectivity index (χ1v) is 9.45. The number of amides is 1. The van der Waals surface area contributed by atoms with Crippen molar-refractivity contribution in [2.24, 2.45) is 0 Å². The molecule has 1 saturated heterocycles. The molecule has 0 spiro atoms.